The standard InChI is InChI=1S/C63H72FN3O4Si/c1-63(2,3)62(69)71-56-32-26-50(27-33-56)60(58(18-12-36-64)46-14-8-6-9-15-46)48-22-20-45(21-23-48)54-42-67(43-54)70-37-13-19-59(47-16-10-7-11-17-47)61(49-24-30-55(68)31-25-49)51-28-34-57(35-29-51)72(4,5)44-66-40-52-38-65-39-53(52)41-66/h6-11,14-17,20-35,52-54,65,68H,12-13,18-19,36-44H2,1-5H3/b60-58+,61-59-/t52-,53+. The van der Waals surface area contributed by atoms with Crippen LogP contribution in [0, 0.1) is 17.3 Å². The lowest BCUT2D eigenvalue weighted by atomic mass is 9.85. The van der Waals surface area contributed by atoms with Gasteiger partial charge in [0, 0.05) is 32.1 Å². The zero-order valence-corrected chi connectivity index (χ0v) is 43.9. The van der Waals surface area contributed by atoms with Crippen molar-refractivity contribution in [2.45, 2.75) is 65.5 Å². The number of alkyl halides is 1. The number of nitrogens with one attached hydrogen (secondary N) is 1. The molecule has 0 aliphatic carbocycles. The molecule has 3 aliphatic rings. The highest BCUT2D eigenvalue weighted by Crippen LogP contribution is 2.39. The van der Waals surface area contributed by atoms with Crippen molar-refractivity contribution < 1.29 is 23.9 Å². The fourth-order valence-electron chi connectivity index (χ4n) is 10.9. The number of halogens is 1. The largest absolute Gasteiger partial charge is 0.508 e. The van der Waals surface area contributed by atoms with Crippen LogP contribution in [0.2, 0.25) is 13.1 Å². The Bertz CT molecular complexity index is 2790. The molecule has 3 heterocycles. The van der Waals surface area contributed by atoms with Gasteiger partial charge in [0.15, 0.2) is 0 Å². The van der Waals surface area contributed by atoms with Crippen LogP contribution in [0.1, 0.15) is 91.3 Å². The number of carbonyl (C=O) groups is 1. The van der Waals surface area contributed by atoms with Crippen molar-refractivity contribution in [3.8, 4) is 11.5 Å². The molecule has 9 rings (SSSR count). The number of carbonyl (C=O) groups excluding carboxylic acids is 1. The summed E-state index contributed by atoms with van der Waals surface area (Å²) in [5.41, 5.74) is 11.8. The van der Waals surface area contributed by atoms with Gasteiger partial charge < -0.3 is 20.1 Å². The van der Waals surface area contributed by atoms with E-state index in [9.17, 15) is 14.3 Å². The first-order chi connectivity index (χ1) is 34.8. The SMILES string of the molecule is CC(C)(C)C(=O)Oc1ccc(/C(=C(\CCCF)c2ccccc2)c2ccc(C3CN(OCCC/C(=C(\c4ccc(O)cc4)c4ccc([Si](C)(C)CN5C[C@H]6CNC[C@H]6C5)cc4)c4ccccc4)C3)cc2)cc1. The Labute approximate surface area is 428 Å². The second kappa shape index (κ2) is 22.9. The zero-order valence-electron chi connectivity index (χ0n) is 42.9. The number of hydrogen-bond donors (Lipinski definition) is 2. The van der Waals surface area contributed by atoms with Gasteiger partial charge in [0.05, 0.1) is 26.8 Å². The summed E-state index contributed by atoms with van der Waals surface area (Å²) in [5.74, 6) is 2.41. The van der Waals surface area contributed by atoms with Crippen molar-refractivity contribution in [3.63, 3.8) is 0 Å². The summed E-state index contributed by atoms with van der Waals surface area (Å²) in [6, 6.07) is 54.6. The number of esters is 1. The number of allylic oxidation sites excluding steroid dienone is 2. The summed E-state index contributed by atoms with van der Waals surface area (Å²) >= 11 is 0. The summed E-state index contributed by atoms with van der Waals surface area (Å²) in [6.07, 6.45) is 3.85. The van der Waals surface area contributed by atoms with Gasteiger partial charge in [-0.1, -0.05) is 152 Å². The Balaban J connectivity index is 0.885. The first-order valence-electron chi connectivity index (χ1n) is 26.1. The predicted octanol–water partition coefficient (Wildman–Crippen LogP) is 12.4. The third-order valence-corrected chi connectivity index (χ3v) is 18.1. The molecule has 3 aliphatic heterocycles. The molecule has 0 spiro atoms. The second-order valence-corrected chi connectivity index (χ2v) is 26.5. The summed E-state index contributed by atoms with van der Waals surface area (Å²) in [4.78, 5) is 21.9. The zero-order chi connectivity index (χ0) is 50.2. The Kier molecular flexibility index (Phi) is 16.2. The molecule has 9 heteroatoms. The number of hydroxylamine groups is 2. The van der Waals surface area contributed by atoms with Crippen LogP contribution >= 0.6 is 0 Å². The number of phenols is 1. The van der Waals surface area contributed by atoms with Crippen LogP contribution < -0.4 is 15.2 Å². The van der Waals surface area contributed by atoms with Crippen LogP contribution in [0.25, 0.3) is 22.3 Å². The topological polar surface area (TPSA) is 74.3 Å². The number of likely N-dealkylation sites (tertiary alicyclic amines) is 1. The first kappa shape index (κ1) is 51.0. The van der Waals surface area contributed by atoms with E-state index in [2.05, 4.69) is 119 Å². The van der Waals surface area contributed by atoms with Crippen molar-refractivity contribution >= 4 is 41.5 Å². The van der Waals surface area contributed by atoms with Crippen LogP contribution in [0.5, 0.6) is 11.5 Å². The normalized spacial score (nSPS) is 18.3. The molecule has 3 fully saturated rings. The molecule has 374 valence electrons. The van der Waals surface area contributed by atoms with E-state index in [-0.39, 0.29) is 11.7 Å². The molecule has 0 bridgehead atoms. The van der Waals surface area contributed by atoms with Gasteiger partial charge in [-0.15, -0.1) is 0 Å². The number of ether oxygens (including phenoxy) is 1. The third-order valence-electron chi connectivity index (χ3n) is 14.9. The van der Waals surface area contributed by atoms with Gasteiger partial charge >= 0.3 is 5.97 Å². The molecule has 0 radical (unpaired) electrons. The van der Waals surface area contributed by atoms with Crippen molar-refractivity contribution in [1.82, 2.24) is 15.3 Å². The van der Waals surface area contributed by atoms with E-state index < -0.39 is 20.2 Å². The molecule has 2 N–H and O–H groups in total. The monoisotopic (exact) mass is 982 g/mol. The number of fused-ring (bicyclic) bond motifs is 1. The van der Waals surface area contributed by atoms with E-state index in [0.717, 1.165) is 84.3 Å². The van der Waals surface area contributed by atoms with Crippen LogP contribution in [0.4, 0.5) is 4.39 Å². The maximum absolute atomic E-state index is 13.8. The Morgan fingerprint density at radius 3 is 1.64 bits per heavy atom. The molecule has 0 amide bonds. The highest BCUT2D eigenvalue weighted by atomic mass is 28.3. The molecule has 6 aromatic rings. The predicted molar refractivity (Wildman–Crippen MR) is 295 cm³/mol. The van der Waals surface area contributed by atoms with Gasteiger partial charge in [0.2, 0.25) is 0 Å². The molecule has 0 aromatic heterocycles. The van der Waals surface area contributed by atoms with Gasteiger partial charge in [-0.3, -0.25) is 14.0 Å². The number of aromatic hydroxyl groups is 1. The van der Waals surface area contributed by atoms with Crippen molar-refractivity contribution in [3.05, 3.63) is 197 Å². The highest BCUT2D eigenvalue weighted by Gasteiger charge is 2.39. The minimum atomic E-state index is -1.73. The Morgan fingerprint density at radius 1 is 0.639 bits per heavy atom. The smallest absolute Gasteiger partial charge is 0.316 e. The van der Waals surface area contributed by atoms with Gasteiger partial charge in [-0.25, -0.2) is 0 Å². The van der Waals surface area contributed by atoms with E-state index >= 15 is 0 Å². The van der Waals surface area contributed by atoms with Crippen molar-refractivity contribution in [2.24, 2.45) is 17.3 Å². The van der Waals surface area contributed by atoms with E-state index in [1.807, 2.05) is 75.4 Å². The van der Waals surface area contributed by atoms with Crippen molar-refractivity contribution in [1.29, 1.82) is 0 Å². The number of hydrogen-bond acceptors (Lipinski definition) is 7. The fourth-order valence-corrected chi connectivity index (χ4v) is 13.5. The number of benzene rings is 6. The number of rotatable bonds is 19. The fraction of sp³-hybridized carbons (Fsp3) is 0.349. The van der Waals surface area contributed by atoms with Crippen LogP contribution in [0.15, 0.2) is 158 Å². The molecule has 7 nitrogen and oxygen atoms in total. The quantitative estimate of drug-likeness (QED) is 0.0275. The summed E-state index contributed by atoms with van der Waals surface area (Å²) < 4.78 is 19.5. The van der Waals surface area contributed by atoms with Gasteiger partial charge in [0.25, 0.3) is 0 Å². The number of nitrogens with zero attached hydrogens (tertiary/aromatic N) is 2. The summed E-state index contributed by atoms with van der Waals surface area (Å²) in [5, 5.41) is 17.5. The minimum absolute atomic E-state index is 0.259. The number of phenolic OH excluding ortho intramolecular Hbond substituents is 1. The molecule has 3 saturated heterocycles. The average Bonchev–Trinajstić information content (AvgIpc) is 3.98. The molecular weight excluding hydrogens is 910 g/mol. The Morgan fingerprint density at radius 2 is 1.12 bits per heavy atom. The van der Waals surface area contributed by atoms with E-state index in [1.165, 1.54) is 52.3 Å². The molecule has 0 saturated carbocycles. The lowest BCUT2D eigenvalue weighted by molar-refractivity contribution is -0.205. The summed E-state index contributed by atoms with van der Waals surface area (Å²) in [6.45, 7) is 17.1. The third kappa shape index (κ3) is 12.3. The van der Waals surface area contributed by atoms with E-state index in [0.29, 0.717) is 31.1 Å². The Hall–Kier alpha value is -5.94. The highest BCUT2D eigenvalue weighted by molar-refractivity contribution is 6.90. The van der Waals surface area contributed by atoms with Gasteiger partial charge in [-0.05, 0) is 163 Å². The van der Waals surface area contributed by atoms with Crippen molar-refractivity contribution in [2.75, 3.05) is 58.7 Å². The maximum Gasteiger partial charge on any atom is 0.316 e. The van der Waals surface area contributed by atoms with Gasteiger partial charge in [-0.2, -0.15) is 5.06 Å². The average molecular weight is 982 g/mol. The van der Waals surface area contributed by atoms with E-state index in [1.54, 1.807) is 12.1 Å². The minimum Gasteiger partial charge on any atom is -0.508 e. The molecule has 72 heavy (non-hydrogen) atoms. The van der Waals surface area contributed by atoms with Crippen LogP contribution in [-0.2, 0) is 9.63 Å². The van der Waals surface area contributed by atoms with Crippen LogP contribution in [0.3, 0.4) is 0 Å². The summed E-state index contributed by atoms with van der Waals surface area (Å²) in [7, 11) is -1.73. The maximum atomic E-state index is 13.8. The molecule has 2 atom stereocenters. The lowest BCUT2D eigenvalue weighted by Gasteiger charge is -2.38. The molecule has 6 aromatic carbocycles. The lowest BCUT2D eigenvalue weighted by Crippen LogP contribution is -2.51. The van der Waals surface area contributed by atoms with E-state index in [4.69, 9.17) is 9.57 Å². The first-order valence-corrected chi connectivity index (χ1v) is 29.3. The molecule has 0 unspecified atom stereocenters. The second-order valence-electron chi connectivity index (χ2n) is 21.9. The van der Waals surface area contributed by atoms with Gasteiger partial charge in [0.1, 0.15) is 11.5 Å². The molecular formula is C63H72FN3O4Si. The van der Waals surface area contributed by atoms with Crippen LogP contribution in [-0.4, -0.2) is 87.8 Å².